The summed E-state index contributed by atoms with van der Waals surface area (Å²) < 4.78 is 32.7. The minimum Gasteiger partial charge on any atom is -0.355 e. The van der Waals surface area contributed by atoms with Gasteiger partial charge in [0, 0.05) is 16.8 Å². The summed E-state index contributed by atoms with van der Waals surface area (Å²) >= 11 is 0. The molecule has 6 nitrogen and oxygen atoms in total. The molecule has 114 valence electrons. The number of rotatable bonds is 3. The van der Waals surface area contributed by atoms with Gasteiger partial charge in [-0.3, -0.25) is 4.55 Å². The minimum absolute atomic E-state index is 0.193. The summed E-state index contributed by atoms with van der Waals surface area (Å²) in [4.78, 5) is 2.59. The highest BCUT2D eigenvalue weighted by molar-refractivity contribution is 7.86. The molecule has 0 unspecified atom stereocenters. The number of nitrogens with one attached hydrogen (secondary N) is 1. The summed E-state index contributed by atoms with van der Waals surface area (Å²) in [5.74, 6) is 0. The summed E-state index contributed by atoms with van der Waals surface area (Å²) in [5, 5.41) is 13.4. The van der Waals surface area contributed by atoms with Crippen LogP contribution in [0.1, 0.15) is 0 Å². The van der Waals surface area contributed by atoms with E-state index in [0.29, 0.717) is 16.5 Å². The third kappa shape index (κ3) is 2.85. The molecule has 0 fully saturated rings. The lowest BCUT2D eigenvalue weighted by Gasteiger charge is -2.10. The molecule has 0 spiro atoms. The molecule has 0 amide bonds. The molecule has 0 aliphatic carbocycles. The highest BCUT2D eigenvalue weighted by Crippen LogP contribution is 2.39. The topological polar surface area (TPSA) is 94.5 Å². The predicted molar refractivity (Wildman–Crippen MR) is 88.2 cm³/mol. The monoisotopic (exact) mass is 326 g/mol. The van der Waals surface area contributed by atoms with Gasteiger partial charge < -0.3 is 5.32 Å². The van der Waals surface area contributed by atoms with Crippen molar-refractivity contribution in [2.45, 2.75) is 4.90 Å². The molecule has 0 aromatic heterocycles. The summed E-state index contributed by atoms with van der Waals surface area (Å²) in [6, 6.07) is 17.3. The first-order valence-corrected chi connectivity index (χ1v) is 8.15. The smallest absolute Gasteiger partial charge is 0.355 e. The Bertz CT molecular complexity index is 1030. The molecule has 2 N–H and O–H groups in total. The number of hydrogen-bond donors (Lipinski definition) is 2. The Morgan fingerprint density at radius 2 is 1.57 bits per heavy atom. The van der Waals surface area contributed by atoms with Gasteiger partial charge in [-0.15, -0.1) is 0 Å². The zero-order chi connectivity index (χ0) is 16.4. The zero-order valence-electron chi connectivity index (χ0n) is 11.8. The molecule has 3 aromatic carbocycles. The molecule has 3 aromatic rings. The van der Waals surface area contributed by atoms with Crippen LogP contribution < -0.4 is 5.32 Å². The number of fused-ring (bicyclic) bond motifs is 1. The van der Waals surface area contributed by atoms with E-state index in [9.17, 15) is 18.4 Å². The fourth-order valence-electron chi connectivity index (χ4n) is 2.41. The van der Waals surface area contributed by atoms with Crippen molar-refractivity contribution in [3.8, 4) is 0 Å². The number of hydrogen-bond acceptors (Lipinski definition) is 4. The van der Waals surface area contributed by atoms with Crippen LogP contribution in [0.4, 0.5) is 17.1 Å². The second-order valence-electron chi connectivity index (χ2n) is 4.88. The molecule has 0 atom stereocenters. The first kappa shape index (κ1) is 15.0. The van der Waals surface area contributed by atoms with Crippen LogP contribution in [0.3, 0.4) is 0 Å². The molecule has 0 aliphatic rings. The molecule has 0 saturated carbocycles. The van der Waals surface area contributed by atoms with Crippen molar-refractivity contribution in [2.24, 2.45) is 0 Å². The highest BCUT2D eigenvalue weighted by Gasteiger charge is 2.29. The van der Waals surface area contributed by atoms with Gasteiger partial charge in [0.25, 0.3) is 0 Å². The van der Waals surface area contributed by atoms with Crippen molar-refractivity contribution < 1.29 is 13.0 Å². The highest BCUT2D eigenvalue weighted by atomic mass is 32.2. The van der Waals surface area contributed by atoms with E-state index in [1.807, 2.05) is 30.3 Å². The molecule has 23 heavy (non-hydrogen) atoms. The molecule has 7 heteroatoms. The zero-order valence-corrected chi connectivity index (χ0v) is 12.7. The minimum atomic E-state index is -4.55. The maximum atomic E-state index is 11.6. The number of diazo groups is 1. The van der Waals surface area contributed by atoms with Crippen molar-refractivity contribution >= 4 is 38.0 Å². The van der Waals surface area contributed by atoms with Gasteiger partial charge in [0.15, 0.2) is 9.87 Å². The lowest BCUT2D eigenvalue weighted by atomic mass is 10.1. The number of para-hydroxylation sites is 1. The second-order valence-corrected chi connectivity index (χ2v) is 6.27. The average Bonchev–Trinajstić information content (AvgIpc) is 2.54. The fraction of sp³-hybridized carbons (Fsp3) is 0. The van der Waals surface area contributed by atoms with Gasteiger partial charge in [0.05, 0.1) is 5.39 Å². The number of benzene rings is 3. The third-order valence-corrected chi connectivity index (χ3v) is 4.28. The van der Waals surface area contributed by atoms with Crippen LogP contribution in [-0.4, -0.2) is 13.0 Å². The first-order valence-electron chi connectivity index (χ1n) is 6.71. The summed E-state index contributed by atoms with van der Waals surface area (Å²) in [7, 11) is -4.55. The van der Waals surface area contributed by atoms with E-state index in [-0.39, 0.29) is 5.69 Å². The van der Waals surface area contributed by atoms with Crippen LogP contribution >= 0.6 is 0 Å². The molecular formula is C16H12N3O3S+. The van der Waals surface area contributed by atoms with Crippen molar-refractivity contribution in [1.82, 2.24) is 0 Å². The van der Waals surface area contributed by atoms with Gasteiger partial charge in [-0.2, -0.15) is 8.42 Å². The van der Waals surface area contributed by atoms with E-state index >= 15 is 0 Å². The number of anilines is 2. The van der Waals surface area contributed by atoms with Gasteiger partial charge in [0.2, 0.25) is 5.39 Å². The van der Waals surface area contributed by atoms with Gasteiger partial charge >= 0.3 is 15.8 Å². The molecule has 0 bridgehead atoms. The van der Waals surface area contributed by atoms with E-state index in [1.165, 1.54) is 6.07 Å². The maximum Gasteiger partial charge on any atom is 0.413 e. The van der Waals surface area contributed by atoms with Gasteiger partial charge in [0.1, 0.15) is 0 Å². The maximum absolute atomic E-state index is 11.6. The van der Waals surface area contributed by atoms with Crippen LogP contribution in [0.15, 0.2) is 65.6 Å². The van der Waals surface area contributed by atoms with Gasteiger partial charge in [-0.05, 0) is 24.3 Å². The molecule has 3 rings (SSSR count). The third-order valence-electron chi connectivity index (χ3n) is 3.41. The summed E-state index contributed by atoms with van der Waals surface area (Å²) in [6.45, 7) is 0. The molecule has 0 saturated heterocycles. The fourth-order valence-corrected chi connectivity index (χ4v) is 3.08. The lowest BCUT2D eigenvalue weighted by Crippen LogP contribution is -2.01. The Labute approximate surface area is 132 Å². The Kier molecular flexibility index (Phi) is 3.70. The van der Waals surface area contributed by atoms with Crippen molar-refractivity contribution in [2.75, 3.05) is 5.32 Å². The second kappa shape index (κ2) is 5.68. The Hall–Kier alpha value is -2.95. The Balaban J connectivity index is 2.32. The van der Waals surface area contributed by atoms with E-state index in [0.717, 1.165) is 5.69 Å². The average molecular weight is 326 g/mol. The lowest BCUT2D eigenvalue weighted by molar-refractivity contribution is 0.484. The van der Waals surface area contributed by atoms with Crippen LogP contribution in [0, 0.1) is 5.39 Å². The van der Waals surface area contributed by atoms with Gasteiger partial charge in [-0.1, -0.05) is 36.4 Å². The van der Waals surface area contributed by atoms with E-state index in [1.54, 1.807) is 24.3 Å². The molecule has 0 radical (unpaired) electrons. The van der Waals surface area contributed by atoms with E-state index in [2.05, 4.69) is 10.3 Å². The molecule has 0 aliphatic heterocycles. The van der Waals surface area contributed by atoms with Crippen LogP contribution in [-0.2, 0) is 10.1 Å². The SMILES string of the molecule is N#[N+]c1c(S(=O)(=O)O)cc(Nc2ccccc2)c2ccccc12. The molecular weight excluding hydrogens is 314 g/mol. The van der Waals surface area contributed by atoms with E-state index < -0.39 is 15.0 Å². The Morgan fingerprint density at radius 1 is 0.957 bits per heavy atom. The molecule has 0 heterocycles. The van der Waals surface area contributed by atoms with Crippen LogP contribution in [0.2, 0.25) is 0 Å². The van der Waals surface area contributed by atoms with Crippen molar-refractivity contribution in [3.63, 3.8) is 0 Å². The van der Waals surface area contributed by atoms with E-state index in [4.69, 9.17) is 0 Å². The quantitative estimate of drug-likeness (QED) is 0.552. The van der Waals surface area contributed by atoms with Crippen LogP contribution in [0.5, 0.6) is 0 Å². The summed E-state index contributed by atoms with van der Waals surface area (Å²) in [5.41, 5.74) is 1.04. The van der Waals surface area contributed by atoms with Crippen LogP contribution in [0.25, 0.3) is 15.7 Å². The largest absolute Gasteiger partial charge is 0.413 e. The normalized spacial score (nSPS) is 11.1. The van der Waals surface area contributed by atoms with Crippen molar-refractivity contribution in [3.05, 3.63) is 65.6 Å². The summed E-state index contributed by atoms with van der Waals surface area (Å²) in [6.07, 6.45) is 0. The van der Waals surface area contributed by atoms with Crippen molar-refractivity contribution in [1.29, 1.82) is 5.39 Å². The predicted octanol–water partition coefficient (Wildman–Crippen LogP) is 4.31. The Morgan fingerprint density at radius 3 is 2.17 bits per heavy atom. The first-order chi connectivity index (χ1) is 11.0. The van der Waals surface area contributed by atoms with Gasteiger partial charge in [-0.25, -0.2) is 0 Å². The number of nitrogens with zero attached hydrogens (tertiary/aromatic N) is 2. The standard InChI is InChI=1S/C16H11N3O3S/c17-19-16-13-9-5-4-8-12(13)14(10-15(16)23(20,21)22)18-11-6-2-1-3-7-11/h1-10,18H/p+1.